The maximum Gasteiger partial charge on any atom is 0.317 e. The number of unbranched alkanes of at least 4 members (excludes halogenated alkanes) is 1. The Labute approximate surface area is 568 Å². The van der Waals surface area contributed by atoms with Crippen LogP contribution in [0.5, 0.6) is 5.75 Å². The van der Waals surface area contributed by atoms with E-state index in [-0.39, 0.29) is 109 Å². The average Bonchev–Trinajstić information content (AvgIpc) is 1.73. The lowest BCUT2D eigenvalue weighted by Crippen LogP contribution is -2.52. The second kappa shape index (κ2) is 39.7. The molecule has 3 fully saturated rings. The van der Waals surface area contributed by atoms with Crippen molar-refractivity contribution in [2.45, 2.75) is 82.4 Å². The van der Waals surface area contributed by atoms with E-state index in [1.165, 1.54) is 24.0 Å². The largest absolute Gasteiger partial charge is 0.494 e. The minimum atomic E-state index is -3.19. The molecule has 32 heteroatoms. The van der Waals surface area contributed by atoms with Gasteiger partial charge in [0, 0.05) is 138 Å². The molecule has 3 aromatic rings. The van der Waals surface area contributed by atoms with Crippen LogP contribution in [0.2, 0.25) is 0 Å². The lowest BCUT2D eigenvalue weighted by atomic mass is 10.1. The van der Waals surface area contributed by atoms with Gasteiger partial charge in [0.2, 0.25) is 23.6 Å². The van der Waals surface area contributed by atoms with Crippen LogP contribution in [-0.2, 0) is 44.8 Å². The number of aryl methyl sites for hydroxylation is 1. The molecule has 95 heavy (non-hydrogen) atoms. The highest BCUT2D eigenvalue weighted by atomic mass is 127. The van der Waals surface area contributed by atoms with Gasteiger partial charge in [0.25, 0.3) is 17.7 Å². The fourth-order valence-corrected chi connectivity index (χ4v) is 12.2. The summed E-state index contributed by atoms with van der Waals surface area (Å²) >= 11 is 3.51. The number of nitrogens with zero attached hydrogens (tertiary/aromatic N) is 10. The van der Waals surface area contributed by atoms with Crippen LogP contribution in [0.25, 0.3) is 10.9 Å². The fourth-order valence-electron chi connectivity index (χ4n) is 11.1. The number of aliphatic hydroxyl groups is 1. The van der Waals surface area contributed by atoms with E-state index in [1.54, 1.807) is 55.7 Å². The summed E-state index contributed by atoms with van der Waals surface area (Å²) in [5.41, 5.74) is 1.82. The van der Waals surface area contributed by atoms with Gasteiger partial charge in [-0.3, -0.25) is 77.6 Å². The van der Waals surface area contributed by atoms with E-state index in [0.29, 0.717) is 106 Å². The molecule has 6 amide bonds. The Kier molecular flexibility index (Phi) is 32.1. The normalized spacial score (nSPS) is 17.9. The van der Waals surface area contributed by atoms with Crippen LogP contribution in [0.15, 0.2) is 59.7 Å². The zero-order valence-electron chi connectivity index (χ0n) is 53.4. The molecule has 0 aliphatic carbocycles. The molecule has 2 aromatic carbocycles. The summed E-state index contributed by atoms with van der Waals surface area (Å²) in [4.78, 5) is 135. The second-order valence-electron chi connectivity index (χ2n) is 23.6. The quantitative estimate of drug-likeness (QED) is 0.0183. The molecular weight excluding hydrogens is 1370 g/mol. The Morgan fingerprint density at radius 1 is 0.779 bits per heavy atom. The molecule has 1 aromatic heterocycles. The summed E-state index contributed by atoms with van der Waals surface area (Å²) in [6.45, 7) is 3.93. The van der Waals surface area contributed by atoms with Gasteiger partial charge in [0.15, 0.2) is 0 Å². The Morgan fingerprint density at radius 3 is 2.00 bits per heavy atom. The SMILES string of the molecule is CC(=NCCCCC(NC(=O)CN1CCN(CC(=O)O)CCN(CC(=O)O)CCN(CC(=O)O)CC1)C(=O)NCCSC[C@@H](O)C(=O)N1CCN(CCCOc2ccc3nccc(C(=O)NCC(=O)N4CC(F)(F)C[C@@H]4C#N)c3c2)CC1)NC(=O)CCCc1ccc(I)cc1. The van der Waals surface area contributed by atoms with E-state index in [0.717, 1.165) is 20.5 Å². The van der Waals surface area contributed by atoms with Crippen LogP contribution in [0, 0.1) is 14.9 Å². The standard InChI is InChI=1S/C63H87F2IN14O14S/c1-44(72-54(82)8-4-6-45-9-11-46(66)12-10-45)68-16-3-2-7-52(73-55(83)38-75-20-22-76(39-57(85)86)24-26-78(41-59(89)90)27-25-77(23-21-75)40-58(87)88)61(92)70-18-33-95-42-53(81)62(93)79-30-28-74(29-31-79)19-5-32-94-48-13-14-51-50(34-48)49(15-17-69-51)60(91)71-37-56(84)80-43-63(64,65)35-47(80)36-67/h9-15,17,34,47,52-53,81H,2-8,16,18-33,35,37-43H2,1H3,(H,70,92)(H,71,91)(H,73,83)(H,85,86)(H,87,88)(H,89,90)(H,68,72,82)/t47-,52?,53-/m1/s1. The van der Waals surface area contributed by atoms with E-state index in [9.17, 15) is 77.6 Å². The molecule has 0 spiro atoms. The van der Waals surface area contributed by atoms with Gasteiger partial charge in [0.1, 0.15) is 23.9 Å². The summed E-state index contributed by atoms with van der Waals surface area (Å²) in [5, 5.41) is 60.6. The molecular formula is C63H87F2IN14O14S. The third-order valence-electron chi connectivity index (χ3n) is 16.2. The first kappa shape index (κ1) is 76.8. The highest BCUT2D eigenvalue weighted by Gasteiger charge is 2.47. The van der Waals surface area contributed by atoms with Crippen LogP contribution in [-0.4, -0.2) is 299 Å². The number of aliphatic imine (C=N–C) groups is 1. The number of thioether (sulfide) groups is 1. The zero-order valence-corrected chi connectivity index (χ0v) is 56.4. The minimum absolute atomic E-state index is 0.0626. The molecule has 28 nitrogen and oxygen atoms in total. The van der Waals surface area contributed by atoms with Crippen molar-refractivity contribution in [2.75, 3.05) is 156 Å². The van der Waals surface area contributed by atoms with Crippen molar-refractivity contribution >= 4 is 104 Å². The Balaban J connectivity index is 0.946. The first-order valence-corrected chi connectivity index (χ1v) is 34.0. The number of aliphatic hydroxyl groups excluding tert-OH is 1. The number of nitrogens with one attached hydrogen (secondary N) is 4. The van der Waals surface area contributed by atoms with Gasteiger partial charge < -0.3 is 56.2 Å². The average molecular weight is 1460 g/mol. The Morgan fingerprint density at radius 2 is 1.39 bits per heavy atom. The van der Waals surface area contributed by atoms with Crippen molar-refractivity contribution in [1.29, 1.82) is 5.26 Å². The number of hydrogen-bond donors (Lipinski definition) is 8. The van der Waals surface area contributed by atoms with Gasteiger partial charge in [-0.05, 0) is 110 Å². The number of hydrogen-bond acceptors (Lipinski definition) is 20. The number of amidine groups is 1. The number of aromatic nitrogens is 1. The van der Waals surface area contributed by atoms with Crippen LogP contribution >= 0.6 is 34.4 Å². The van der Waals surface area contributed by atoms with Crippen LogP contribution in [0.1, 0.15) is 67.8 Å². The zero-order chi connectivity index (χ0) is 68.9. The molecule has 3 atom stereocenters. The number of alkyl halides is 2. The number of carboxylic acids is 3. The summed E-state index contributed by atoms with van der Waals surface area (Å²) in [7, 11) is 0. The van der Waals surface area contributed by atoms with E-state index in [1.807, 2.05) is 24.3 Å². The number of aliphatic carboxylic acids is 3. The third-order valence-corrected chi connectivity index (χ3v) is 17.9. The number of carbonyl (C=O) groups is 9. The van der Waals surface area contributed by atoms with E-state index in [2.05, 4.69) is 58.7 Å². The molecule has 520 valence electrons. The monoisotopic (exact) mass is 1460 g/mol. The first-order chi connectivity index (χ1) is 45.4. The topological polar surface area (TPSA) is 364 Å². The number of amides is 6. The summed E-state index contributed by atoms with van der Waals surface area (Å²) in [5.74, 6) is -8.12. The highest BCUT2D eigenvalue weighted by molar-refractivity contribution is 14.1. The molecule has 3 saturated heterocycles. The molecule has 4 heterocycles. The lowest BCUT2D eigenvalue weighted by Gasteiger charge is -2.35. The lowest BCUT2D eigenvalue weighted by molar-refractivity contribution is -0.141. The van der Waals surface area contributed by atoms with E-state index < -0.39 is 91.1 Å². The van der Waals surface area contributed by atoms with Crippen LogP contribution in [0.3, 0.4) is 0 Å². The number of carbonyl (C=O) groups excluding carboxylic acids is 6. The van der Waals surface area contributed by atoms with Gasteiger partial charge in [0.05, 0.1) is 68.9 Å². The molecule has 3 aliphatic rings. The highest BCUT2D eigenvalue weighted by Crippen LogP contribution is 2.32. The summed E-state index contributed by atoms with van der Waals surface area (Å²) in [6.07, 6.45) is 2.93. The fraction of sp³-hybridized carbons (Fsp3) is 0.587. The number of likely N-dealkylation sites (tertiary alicyclic amines) is 1. The number of pyridine rings is 1. The van der Waals surface area contributed by atoms with Crippen molar-refractivity contribution in [1.82, 2.24) is 60.6 Å². The predicted molar refractivity (Wildman–Crippen MR) is 357 cm³/mol. The van der Waals surface area contributed by atoms with Crippen molar-refractivity contribution in [3.63, 3.8) is 0 Å². The van der Waals surface area contributed by atoms with Gasteiger partial charge in [-0.25, -0.2) is 8.78 Å². The van der Waals surface area contributed by atoms with E-state index >= 15 is 0 Å². The van der Waals surface area contributed by atoms with Gasteiger partial charge in [-0.15, -0.1) is 0 Å². The number of piperazine rings is 1. The molecule has 6 rings (SSSR count). The predicted octanol–water partition coefficient (Wildman–Crippen LogP) is 1.14. The summed E-state index contributed by atoms with van der Waals surface area (Å²) in [6, 6.07) is 14.1. The number of benzene rings is 2. The Hall–Kier alpha value is -7.26. The molecule has 1 unspecified atom stereocenters. The van der Waals surface area contributed by atoms with Crippen LogP contribution in [0.4, 0.5) is 8.78 Å². The molecule has 3 aliphatic heterocycles. The molecule has 8 N–H and O–H groups in total. The maximum atomic E-state index is 13.9. The maximum absolute atomic E-state index is 13.9. The molecule has 0 saturated carbocycles. The molecule has 0 radical (unpaired) electrons. The Bertz CT molecular complexity index is 3130. The minimum Gasteiger partial charge on any atom is -0.494 e. The van der Waals surface area contributed by atoms with Crippen molar-refractivity contribution in [3.8, 4) is 11.8 Å². The van der Waals surface area contributed by atoms with Gasteiger partial charge >= 0.3 is 17.9 Å². The number of fused-ring (bicyclic) bond motifs is 1. The summed E-state index contributed by atoms with van der Waals surface area (Å²) < 4.78 is 35.0. The van der Waals surface area contributed by atoms with Crippen LogP contribution < -0.4 is 26.0 Å². The number of ether oxygens (including phenoxy) is 1. The number of halogens is 3. The second-order valence-corrected chi connectivity index (χ2v) is 26.0. The van der Waals surface area contributed by atoms with Gasteiger partial charge in [-0.1, -0.05) is 12.1 Å². The molecule has 0 bridgehead atoms. The third kappa shape index (κ3) is 27.8. The van der Waals surface area contributed by atoms with Crippen molar-refractivity contribution in [2.24, 2.45) is 4.99 Å². The van der Waals surface area contributed by atoms with E-state index in [4.69, 9.17) is 4.74 Å². The first-order valence-electron chi connectivity index (χ1n) is 31.7. The smallest absolute Gasteiger partial charge is 0.317 e. The van der Waals surface area contributed by atoms with Gasteiger partial charge in [-0.2, -0.15) is 17.0 Å². The number of rotatable bonds is 33. The number of carboxylic acid groups (broad SMARTS) is 3. The van der Waals surface area contributed by atoms with Crippen molar-refractivity contribution < 1.29 is 77.1 Å². The van der Waals surface area contributed by atoms with Crippen molar-refractivity contribution in [3.05, 3.63) is 69.4 Å². The number of nitriles is 1.